The van der Waals surface area contributed by atoms with Gasteiger partial charge in [-0.25, -0.2) is 4.68 Å². The summed E-state index contributed by atoms with van der Waals surface area (Å²) in [7, 11) is 0. The number of imide groups is 1. The summed E-state index contributed by atoms with van der Waals surface area (Å²) in [5, 5.41) is 7.98. The summed E-state index contributed by atoms with van der Waals surface area (Å²) >= 11 is 2.24. The van der Waals surface area contributed by atoms with E-state index in [9.17, 15) is 14.4 Å². The van der Waals surface area contributed by atoms with Gasteiger partial charge in [0.15, 0.2) is 0 Å². The number of carbonyl (C=O) groups is 3. The van der Waals surface area contributed by atoms with Crippen LogP contribution in [0.1, 0.15) is 20.9 Å². The fourth-order valence-electron chi connectivity index (χ4n) is 3.58. The zero-order chi connectivity index (χ0) is 23.7. The maximum absolute atomic E-state index is 12.8. The third kappa shape index (κ3) is 4.25. The molecule has 1 aromatic carbocycles. The molecule has 8 nitrogen and oxygen atoms in total. The number of para-hydroxylation sites is 1. The van der Waals surface area contributed by atoms with Crippen molar-refractivity contribution in [3.63, 3.8) is 0 Å². The third-order valence-electron chi connectivity index (χ3n) is 5.25. The molecule has 1 saturated heterocycles. The Balaban J connectivity index is 1.25. The molecule has 0 atom stereocenters. The van der Waals surface area contributed by atoms with Crippen LogP contribution >= 0.6 is 23.1 Å². The molecule has 170 valence electrons. The molecule has 34 heavy (non-hydrogen) atoms. The van der Waals surface area contributed by atoms with Crippen molar-refractivity contribution in [2.75, 3.05) is 13.1 Å². The SMILES string of the molecule is Cc1nn(-c2ccccc2)c2sc(C(=O)NCCN3C(=O)S/C(=C\c4cccnc4)C3=O)cc12. The van der Waals surface area contributed by atoms with Gasteiger partial charge in [-0.05, 0) is 54.6 Å². The predicted molar refractivity (Wildman–Crippen MR) is 133 cm³/mol. The van der Waals surface area contributed by atoms with E-state index < -0.39 is 0 Å². The van der Waals surface area contributed by atoms with Gasteiger partial charge in [0.25, 0.3) is 17.1 Å². The average molecular weight is 490 g/mol. The summed E-state index contributed by atoms with van der Waals surface area (Å²) in [6, 6.07) is 15.1. The number of hydrogen-bond donors (Lipinski definition) is 1. The molecule has 0 spiro atoms. The minimum absolute atomic E-state index is 0.0997. The molecule has 0 aliphatic carbocycles. The minimum atomic E-state index is -0.367. The van der Waals surface area contributed by atoms with Gasteiger partial charge in [-0.3, -0.25) is 24.3 Å². The predicted octanol–water partition coefficient (Wildman–Crippen LogP) is 4.26. The normalized spacial score (nSPS) is 15.0. The highest BCUT2D eigenvalue weighted by atomic mass is 32.2. The van der Waals surface area contributed by atoms with Crippen LogP contribution in [-0.2, 0) is 4.79 Å². The first kappa shape index (κ1) is 22.1. The number of pyridine rings is 1. The van der Waals surface area contributed by atoms with Crippen LogP contribution in [0.15, 0.2) is 65.8 Å². The number of fused-ring (bicyclic) bond motifs is 1. The van der Waals surface area contributed by atoms with E-state index in [1.807, 2.05) is 54.1 Å². The molecule has 0 radical (unpaired) electrons. The van der Waals surface area contributed by atoms with E-state index in [0.29, 0.717) is 9.78 Å². The van der Waals surface area contributed by atoms with Gasteiger partial charge in [0.1, 0.15) is 4.83 Å². The summed E-state index contributed by atoms with van der Waals surface area (Å²) in [4.78, 5) is 44.7. The minimum Gasteiger partial charge on any atom is -0.350 e. The molecule has 0 saturated carbocycles. The Bertz CT molecular complexity index is 1430. The average Bonchev–Trinajstić information content (AvgIpc) is 3.50. The standard InChI is InChI=1S/C24H19N5O3S2/c1-15-18-13-19(33-23(18)29(27-15)17-7-3-2-4-8-17)21(30)26-10-11-28-22(31)20(34-24(28)32)12-16-6-5-9-25-14-16/h2-9,12-14H,10-11H2,1H3,(H,26,30)/b20-12-. The number of aromatic nitrogens is 3. The highest BCUT2D eigenvalue weighted by Crippen LogP contribution is 2.32. The van der Waals surface area contributed by atoms with Crippen molar-refractivity contribution >= 4 is 56.4 Å². The summed E-state index contributed by atoms with van der Waals surface area (Å²) < 4.78 is 1.83. The van der Waals surface area contributed by atoms with Crippen LogP contribution < -0.4 is 5.32 Å². The molecule has 4 heterocycles. The van der Waals surface area contributed by atoms with Crippen molar-refractivity contribution in [1.29, 1.82) is 0 Å². The lowest BCUT2D eigenvalue weighted by Gasteiger charge is -2.12. The smallest absolute Gasteiger partial charge is 0.293 e. The Hall–Kier alpha value is -3.76. The lowest BCUT2D eigenvalue weighted by molar-refractivity contribution is -0.122. The highest BCUT2D eigenvalue weighted by Gasteiger charge is 2.34. The second kappa shape index (κ2) is 9.24. The summed E-state index contributed by atoms with van der Waals surface area (Å²) in [5.74, 6) is -0.619. The van der Waals surface area contributed by atoms with E-state index in [1.165, 1.54) is 11.3 Å². The first-order valence-corrected chi connectivity index (χ1v) is 12.1. The highest BCUT2D eigenvalue weighted by molar-refractivity contribution is 8.18. The number of carbonyl (C=O) groups excluding carboxylic acids is 3. The molecule has 4 aromatic rings. The van der Waals surface area contributed by atoms with Crippen LogP contribution in [0.5, 0.6) is 0 Å². The van der Waals surface area contributed by atoms with E-state index >= 15 is 0 Å². The van der Waals surface area contributed by atoms with Gasteiger partial charge in [-0.15, -0.1) is 11.3 Å². The lowest BCUT2D eigenvalue weighted by atomic mass is 10.2. The van der Waals surface area contributed by atoms with Crippen LogP contribution in [-0.4, -0.2) is 49.8 Å². The fourth-order valence-corrected chi connectivity index (χ4v) is 5.54. The molecule has 1 fully saturated rings. The van der Waals surface area contributed by atoms with Crippen molar-refractivity contribution in [1.82, 2.24) is 25.0 Å². The van der Waals surface area contributed by atoms with Gasteiger partial charge in [-0.2, -0.15) is 5.10 Å². The van der Waals surface area contributed by atoms with Gasteiger partial charge in [0.2, 0.25) is 0 Å². The Labute approximate surface area is 203 Å². The number of rotatable bonds is 6. The molecular weight excluding hydrogens is 470 g/mol. The van der Waals surface area contributed by atoms with E-state index in [0.717, 1.165) is 43.8 Å². The third-order valence-corrected chi connectivity index (χ3v) is 7.26. The number of benzene rings is 1. The van der Waals surface area contributed by atoms with Gasteiger partial charge in [0.05, 0.1) is 21.2 Å². The zero-order valence-electron chi connectivity index (χ0n) is 18.1. The molecule has 1 aliphatic heterocycles. The second-order valence-electron chi connectivity index (χ2n) is 7.54. The van der Waals surface area contributed by atoms with Gasteiger partial charge >= 0.3 is 0 Å². The summed E-state index contributed by atoms with van der Waals surface area (Å²) in [5.41, 5.74) is 2.51. The molecule has 3 amide bonds. The fraction of sp³-hybridized carbons (Fsp3) is 0.125. The molecule has 0 unspecified atom stereocenters. The lowest BCUT2D eigenvalue weighted by Crippen LogP contribution is -2.37. The van der Waals surface area contributed by atoms with Crippen LogP contribution in [0.25, 0.3) is 22.0 Å². The van der Waals surface area contributed by atoms with Crippen molar-refractivity contribution in [3.05, 3.63) is 82.0 Å². The van der Waals surface area contributed by atoms with E-state index in [4.69, 9.17) is 0 Å². The van der Waals surface area contributed by atoms with Crippen molar-refractivity contribution in [2.24, 2.45) is 0 Å². The van der Waals surface area contributed by atoms with Gasteiger partial charge in [-0.1, -0.05) is 24.3 Å². The Kier molecular flexibility index (Phi) is 5.99. The molecule has 1 aliphatic rings. The monoisotopic (exact) mass is 489 g/mol. The first-order chi connectivity index (χ1) is 16.5. The maximum Gasteiger partial charge on any atom is 0.293 e. The molecule has 3 aromatic heterocycles. The number of amides is 3. The second-order valence-corrected chi connectivity index (χ2v) is 9.56. The number of thioether (sulfide) groups is 1. The molecule has 10 heteroatoms. The van der Waals surface area contributed by atoms with Gasteiger partial charge in [0, 0.05) is 30.9 Å². The number of thiophene rings is 1. The Morgan fingerprint density at radius 1 is 1.15 bits per heavy atom. The molecule has 1 N–H and O–H groups in total. The zero-order valence-corrected chi connectivity index (χ0v) is 19.7. The van der Waals surface area contributed by atoms with Crippen LogP contribution in [0, 0.1) is 6.92 Å². The molecule has 5 rings (SSSR count). The Morgan fingerprint density at radius 2 is 1.97 bits per heavy atom. The van der Waals surface area contributed by atoms with Gasteiger partial charge < -0.3 is 5.32 Å². The summed E-state index contributed by atoms with van der Waals surface area (Å²) in [6.07, 6.45) is 4.91. The topological polar surface area (TPSA) is 97.2 Å². The number of hydrogen-bond acceptors (Lipinski definition) is 7. The largest absolute Gasteiger partial charge is 0.350 e. The first-order valence-electron chi connectivity index (χ1n) is 10.5. The van der Waals surface area contributed by atoms with Crippen LogP contribution in [0.2, 0.25) is 0 Å². The summed E-state index contributed by atoms with van der Waals surface area (Å²) in [6.45, 7) is 2.17. The maximum atomic E-state index is 12.8. The van der Waals surface area contributed by atoms with Crippen LogP contribution in [0.3, 0.4) is 0 Å². The number of aryl methyl sites for hydroxylation is 1. The van der Waals surface area contributed by atoms with Crippen molar-refractivity contribution in [2.45, 2.75) is 6.92 Å². The number of nitrogens with one attached hydrogen (secondary N) is 1. The van der Waals surface area contributed by atoms with E-state index in [2.05, 4.69) is 15.4 Å². The van der Waals surface area contributed by atoms with Crippen molar-refractivity contribution < 1.29 is 14.4 Å². The van der Waals surface area contributed by atoms with Crippen molar-refractivity contribution in [3.8, 4) is 5.69 Å². The van der Waals surface area contributed by atoms with E-state index in [1.54, 1.807) is 24.5 Å². The molecule has 0 bridgehead atoms. The quantitative estimate of drug-likeness (QED) is 0.407. The molecular formula is C24H19N5O3S2. The van der Waals surface area contributed by atoms with E-state index in [-0.39, 0.29) is 30.1 Å². The van der Waals surface area contributed by atoms with Crippen LogP contribution in [0.4, 0.5) is 4.79 Å². The number of nitrogens with zero attached hydrogens (tertiary/aromatic N) is 4. The Morgan fingerprint density at radius 3 is 2.74 bits per heavy atom.